The van der Waals surface area contributed by atoms with Gasteiger partial charge in [0.2, 0.25) is 17.6 Å². The number of aromatic nitrogens is 2. The fourth-order valence-corrected chi connectivity index (χ4v) is 2.48. The molecule has 8 heteroatoms. The van der Waals surface area contributed by atoms with Gasteiger partial charge in [-0.25, -0.2) is 0 Å². The van der Waals surface area contributed by atoms with E-state index in [1.807, 2.05) is 17.5 Å². The molecule has 0 aliphatic heterocycles. The topological polar surface area (TPSA) is 105 Å². The van der Waals surface area contributed by atoms with E-state index in [0.29, 0.717) is 24.7 Å². The van der Waals surface area contributed by atoms with Gasteiger partial charge in [-0.1, -0.05) is 18.1 Å². The van der Waals surface area contributed by atoms with Crippen molar-refractivity contribution in [2.45, 2.75) is 26.2 Å². The number of carboxylic acid groups (broad SMARTS) is 1. The number of rotatable bonds is 8. The van der Waals surface area contributed by atoms with Crippen molar-refractivity contribution in [2.75, 3.05) is 6.54 Å². The average Bonchev–Trinajstić information content (AvgIpc) is 3.12. The smallest absolute Gasteiger partial charge is 0.303 e. The molecule has 1 amide bonds. The Morgan fingerprint density at radius 2 is 2.32 bits per heavy atom. The predicted octanol–water partition coefficient (Wildman–Crippen LogP) is 1.96. The van der Waals surface area contributed by atoms with Crippen LogP contribution in [0.4, 0.5) is 0 Å². The van der Waals surface area contributed by atoms with Crippen LogP contribution in [0.1, 0.15) is 25.7 Å². The number of amides is 1. The summed E-state index contributed by atoms with van der Waals surface area (Å²) in [6.45, 7) is 2.12. The highest BCUT2D eigenvalue weighted by molar-refractivity contribution is 7.13. The van der Waals surface area contributed by atoms with Crippen molar-refractivity contribution in [3.05, 3.63) is 23.4 Å². The van der Waals surface area contributed by atoms with Crippen LogP contribution in [-0.2, 0) is 16.0 Å². The van der Waals surface area contributed by atoms with Crippen molar-refractivity contribution in [2.24, 2.45) is 5.92 Å². The van der Waals surface area contributed by atoms with Crippen LogP contribution in [0.2, 0.25) is 0 Å². The summed E-state index contributed by atoms with van der Waals surface area (Å²) in [5.74, 6) is -0.185. The van der Waals surface area contributed by atoms with E-state index in [0.717, 1.165) is 4.88 Å². The van der Waals surface area contributed by atoms with Crippen LogP contribution in [0.25, 0.3) is 10.7 Å². The number of nitrogens with zero attached hydrogens (tertiary/aromatic N) is 2. The number of aryl methyl sites for hydroxylation is 1. The summed E-state index contributed by atoms with van der Waals surface area (Å²) in [5.41, 5.74) is 0. The maximum atomic E-state index is 11.7. The van der Waals surface area contributed by atoms with E-state index < -0.39 is 5.97 Å². The first-order valence-electron chi connectivity index (χ1n) is 6.89. The van der Waals surface area contributed by atoms with Gasteiger partial charge in [-0.15, -0.1) is 11.3 Å². The fraction of sp³-hybridized carbons (Fsp3) is 0.429. The predicted molar refractivity (Wildman–Crippen MR) is 80.4 cm³/mol. The van der Waals surface area contributed by atoms with E-state index in [1.165, 1.54) is 11.3 Å². The molecule has 0 saturated carbocycles. The minimum atomic E-state index is -0.867. The highest BCUT2D eigenvalue weighted by atomic mass is 32.1. The van der Waals surface area contributed by atoms with E-state index in [2.05, 4.69) is 15.5 Å². The number of nitrogens with one attached hydrogen (secondary N) is 1. The second-order valence-corrected chi connectivity index (χ2v) is 5.94. The van der Waals surface area contributed by atoms with Crippen LogP contribution < -0.4 is 5.32 Å². The molecule has 1 unspecified atom stereocenters. The maximum Gasteiger partial charge on any atom is 0.303 e. The number of carboxylic acids is 1. The lowest BCUT2D eigenvalue weighted by Gasteiger charge is -2.09. The molecule has 2 N–H and O–H groups in total. The van der Waals surface area contributed by atoms with Crippen molar-refractivity contribution < 1.29 is 19.2 Å². The molecule has 22 heavy (non-hydrogen) atoms. The van der Waals surface area contributed by atoms with Crippen molar-refractivity contribution in [1.29, 1.82) is 0 Å². The van der Waals surface area contributed by atoms with Crippen molar-refractivity contribution in [3.63, 3.8) is 0 Å². The Morgan fingerprint density at radius 1 is 1.50 bits per heavy atom. The van der Waals surface area contributed by atoms with Gasteiger partial charge in [-0.2, -0.15) is 4.98 Å². The molecule has 0 aliphatic carbocycles. The zero-order valence-electron chi connectivity index (χ0n) is 12.1. The number of thiophene rings is 1. The zero-order chi connectivity index (χ0) is 15.9. The lowest BCUT2D eigenvalue weighted by atomic mass is 10.1. The summed E-state index contributed by atoms with van der Waals surface area (Å²) in [7, 11) is 0. The van der Waals surface area contributed by atoms with Crippen molar-refractivity contribution in [3.8, 4) is 10.7 Å². The van der Waals surface area contributed by atoms with Gasteiger partial charge in [-0.05, 0) is 17.4 Å². The monoisotopic (exact) mass is 323 g/mol. The molecule has 2 aromatic heterocycles. The summed E-state index contributed by atoms with van der Waals surface area (Å²) >= 11 is 1.52. The van der Waals surface area contributed by atoms with Crippen LogP contribution in [0, 0.1) is 5.92 Å². The molecule has 118 valence electrons. The highest BCUT2D eigenvalue weighted by Crippen LogP contribution is 2.21. The maximum absolute atomic E-state index is 11.7. The molecule has 0 saturated heterocycles. The summed E-state index contributed by atoms with van der Waals surface area (Å²) in [6, 6.07) is 3.80. The SMILES string of the molecule is CC(CNC(=O)CCc1nc(-c2cccs2)no1)CC(=O)O. The second-order valence-electron chi connectivity index (χ2n) is 5.00. The molecule has 0 radical (unpaired) electrons. The molecule has 0 aromatic carbocycles. The highest BCUT2D eigenvalue weighted by Gasteiger charge is 2.12. The van der Waals surface area contributed by atoms with Crippen LogP contribution in [0.5, 0.6) is 0 Å². The third-order valence-electron chi connectivity index (χ3n) is 2.95. The first-order chi connectivity index (χ1) is 10.5. The first-order valence-corrected chi connectivity index (χ1v) is 7.77. The Labute approximate surface area is 131 Å². The average molecular weight is 323 g/mol. The van der Waals surface area contributed by atoms with Crippen molar-refractivity contribution >= 4 is 23.2 Å². The minimum absolute atomic E-state index is 0.0358. The van der Waals surface area contributed by atoms with Crippen molar-refractivity contribution in [1.82, 2.24) is 15.5 Å². The van der Waals surface area contributed by atoms with Crippen LogP contribution in [0.15, 0.2) is 22.0 Å². The first kappa shape index (κ1) is 16.2. The Kier molecular flexibility index (Phi) is 5.65. The summed E-state index contributed by atoms with van der Waals surface area (Å²) in [4.78, 5) is 27.4. The molecule has 0 aliphatic rings. The number of hydrogen-bond donors (Lipinski definition) is 2. The molecule has 0 bridgehead atoms. The van der Waals surface area contributed by atoms with Gasteiger partial charge < -0.3 is 14.9 Å². The number of carbonyl (C=O) groups is 2. The molecule has 0 fully saturated rings. The molecular weight excluding hydrogens is 306 g/mol. The molecule has 1 atom stereocenters. The van der Waals surface area contributed by atoms with Crippen LogP contribution in [0.3, 0.4) is 0 Å². The molecular formula is C14H17N3O4S. The minimum Gasteiger partial charge on any atom is -0.481 e. The Hall–Kier alpha value is -2.22. The van der Waals surface area contributed by atoms with Gasteiger partial charge in [0.05, 0.1) is 4.88 Å². The van der Waals surface area contributed by atoms with Crippen LogP contribution in [-0.4, -0.2) is 33.7 Å². The Bertz CT molecular complexity index is 624. The summed E-state index contributed by atoms with van der Waals surface area (Å²) < 4.78 is 5.10. The zero-order valence-corrected chi connectivity index (χ0v) is 12.9. The lowest BCUT2D eigenvalue weighted by molar-refractivity contribution is -0.138. The van der Waals surface area contributed by atoms with E-state index in [9.17, 15) is 9.59 Å². The van der Waals surface area contributed by atoms with Gasteiger partial charge in [0.25, 0.3) is 0 Å². The lowest BCUT2D eigenvalue weighted by Crippen LogP contribution is -2.29. The molecule has 7 nitrogen and oxygen atoms in total. The van der Waals surface area contributed by atoms with E-state index in [1.54, 1.807) is 6.92 Å². The van der Waals surface area contributed by atoms with E-state index in [-0.39, 0.29) is 24.7 Å². The van der Waals surface area contributed by atoms with Gasteiger partial charge in [0, 0.05) is 25.8 Å². The Balaban J connectivity index is 1.73. The van der Waals surface area contributed by atoms with E-state index in [4.69, 9.17) is 9.63 Å². The largest absolute Gasteiger partial charge is 0.481 e. The van der Waals surface area contributed by atoms with Gasteiger partial charge in [-0.3, -0.25) is 9.59 Å². The summed E-state index contributed by atoms with van der Waals surface area (Å²) in [5, 5.41) is 17.1. The molecule has 2 heterocycles. The molecule has 2 aromatic rings. The van der Waals surface area contributed by atoms with Gasteiger partial charge in [0.15, 0.2) is 0 Å². The third-order valence-corrected chi connectivity index (χ3v) is 3.81. The third kappa shape index (κ3) is 4.96. The van der Waals surface area contributed by atoms with E-state index >= 15 is 0 Å². The summed E-state index contributed by atoms with van der Waals surface area (Å²) in [6.07, 6.45) is 0.623. The number of hydrogen-bond acceptors (Lipinski definition) is 6. The normalized spacial score (nSPS) is 12.0. The standard InChI is InChI=1S/C14H17N3O4S/c1-9(7-13(19)20)8-15-11(18)4-5-12-16-14(17-21-12)10-3-2-6-22-10/h2-3,6,9H,4-5,7-8H2,1H3,(H,15,18)(H,19,20). The number of carbonyl (C=O) groups excluding carboxylic acids is 1. The number of aliphatic carboxylic acids is 1. The quantitative estimate of drug-likeness (QED) is 0.769. The molecule has 2 rings (SSSR count). The Morgan fingerprint density at radius 3 is 3.00 bits per heavy atom. The van der Waals surface area contributed by atoms with Gasteiger partial charge in [0.1, 0.15) is 0 Å². The van der Waals surface area contributed by atoms with Crippen LogP contribution >= 0.6 is 11.3 Å². The second kappa shape index (κ2) is 7.69. The fourth-order valence-electron chi connectivity index (χ4n) is 1.83. The van der Waals surface area contributed by atoms with Gasteiger partial charge >= 0.3 is 5.97 Å². The molecule has 0 spiro atoms.